The molecule has 0 saturated heterocycles. The lowest BCUT2D eigenvalue weighted by molar-refractivity contribution is 0.490. The van der Waals surface area contributed by atoms with Crippen LogP contribution in [0.4, 0.5) is 0 Å². The zero-order chi connectivity index (χ0) is 99.5. The highest BCUT2D eigenvalue weighted by Gasteiger charge is 2.47. The molecule has 712 valence electrons. The third-order valence-electron chi connectivity index (χ3n) is 36.6. The van der Waals surface area contributed by atoms with Gasteiger partial charge in [-0.05, 0) is 388 Å². The summed E-state index contributed by atoms with van der Waals surface area (Å²) >= 11 is 0. The molecule has 26 rings (SSSR count). The summed E-state index contributed by atoms with van der Waals surface area (Å²) in [7, 11) is 0. The normalized spacial score (nSPS) is 14.6. The molecule has 5 aliphatic carbocycles. The van der Waals surface area contributed by atoms with Gasteiger partial charge in [-0.3, -0.25) is 0 Å². The van der Waals surface area contributed by atoms with Crippen LogP contribution in [-0.4, -0.2) is 0 Å². The number of benzene rings is 21. The second-order valence-electron chi connectivity index (χ2n) is 44.5. The first-order valence-corrected chi connectivity index (χ1v) is 54.3. The van der Waals surface area contributed by atoms with Gasteiger partial charge in [-0.25, -0.2) is 0 Å². The van der Waals surface area contributed by atoms with Gasteiger partial charge in [-0.1, -0.05) is 450 Å². The molecule has 0 unspecified atom stereocenters. The molecular formula is C145H132. The molecule has 0 bridgehead atoms. The fraction of sp³-hybridized carbons (Fsp3) is 0.228. The molecular weight excluding hydrogens is 1740 g/mol. The lowest BCUT2D eigenvalue weighted by atomic mass is 9.73. The van der Waals surface area contributed by atoms with E-state index in [4.69, 9.17) is 0 Å². The van der Waals surface area contributed by atoms with Gasteiger partial charge in [0.05, 0.1) is 0 Å². The van der Waals surface area contributed by atoms with Crippen LogP contribution in [0.15, 0.2) is 388 Å². The Kier molecular flexibility index (Phi) is 22.7. The van der Waals surface area contributed by atoms with E-state index >= 15 is 0 Å². The van der Waals surface area contributed by atoms with Crippen molar-refractivity contribution in [2.24, 2.45) is 0 Å². The first-order valence-electron chi connectivity index (χ1n) is 54.3. The minimum Gasteiger partial charge on any atom is -0.0642 e. The molecule has 0 aromatic heterocycles. The summed E-state index contributed by atoms with van der Waals surface area (Å²) in [4.78, 5) is 0. The van der Waals surface area contributed by atoms with Crippen molar-refractivity contribution in [1.82, 2.24) is 0 Å². The lowest BCUT2D eigenvalue weighted by Gasteiger charge is -2.30. The highest BCUT2D eigenvalue weighted by molar-refractivity contribution is 6.25. The first-order chi connectivity index (χ1) is 70.6. The van der Waals surface area contributed by atoms with E-state index in [2.05, 4.69) is 499 Å². The summed E-state index contributed by atoms with van der Waals surface area (Å²) in [5.41, 5.74) is 47.7. The Balaban J connectivity index is 0.000000117. The first kappa shape index (κ1) is 92.8. The lowest BCUT2D eigenvalue weighted by Crippen LogP contribution is -2.23. The van der Waals surface area contributed by atoms with E-state index in [1.165, 1.54) is 265 Å². The van der Waals surface area contributed by atoms with Crippen molar-refractivity contribution in [2.45, 2.75) is 213 Å². The summed E-state index contributed by atoms with van der Waals surface area (Å²) in [6.07, 6.45) is 10.9. The third kappa shape index (κ3) is 13.9. The molecule has 0 atom stereocenters. The van der Waals surface area contributed by atoms with Crippen molar-refractivity contribution >= 4 is 75.4 Å². The maximum Gasteiger partial charge on any atom is 0.0210 e. The van der Waals surface area contributed by atoms with E-state index in [1.54, 1.807) is 0 Å². The summed E-state index contributed by atoms with van der Waals surface area (Å²) < 4.78 is 0. The van der Waals surface area contributed by atoms with Crippen LogP contribution in [0.2, 0.25) is 0 Å². The summed E-state index contributed by atoms with van der Waals surface area (Å²) in [5, 5.41) is 18.4. The molecule has 21 aromatic rings. The minimum absolute atomic E-state index is 0.0249. The summed E-state index contributed by atoms with van der Waals surface area (Å²) in [5.74, 6) is 0. The minimum atomic E-state index is 0.0249. The average Bonchev–Trinajstić information content (AvgIpc) is 1.65. The molecule has 21 aromatic carbocycles. The zero-order valence-corrected chi connectivity index (χ0v) is 87.5. The van der Waals surface area contributed by atoms with Gasteiger partial charge in [0, 0.05) is 27.1 Å². The Morgan fingerprint density at radius 1 is 0.145 bits per heavy atom. The predicted molar refractivity (Wildman–Crippen MR) is 626 cm³/mol. The molecule has 0 heterocycles. The SMILES string of the molecule is CCC1(CC)c2ccccc2-c2ccc(-c3c4ccccc4c(-c4ccc5c(c4)C(CC)(CC)c4ccccc4-5)c4cc(C(C)(C)C)ccc34)cc21.CCC1(CC)c2ccccc2-c2ccc(-c3c4ccccc4c(-c4ccc5c(c4)C(CC)(CC)c4ccccc4-5)c4ccccc34)cc21.CCC1(CC)c2ccccc2-c2ccc(-c3c4ccccc4c(-c4ccc5ccccc5c4)c4cc(C(C)(C)C)ccc34)cc21. The number of hydrogen-bond donors (Lipinski definition) is 0. The summed E-state index contributed by atoms with van der Waals surface area (Å²) in [6, 6.07) is 149. The molecule has 0 saturated carbocycles. The molecule has 0 radical (unpaired) electrons. The quantitative estimate of drug-likeness (QED) is 0.0846. The maximum absolute atomic E-state index is 2.57. The Labute approximate surface area is 859 Å². The zero-order valence-electron chi connectivity index (χ0n) is 87.5. The molecule has 0 amide bonds. The fourth-order valence-electron chi connectivity index (χ4n) is 28.7. The van der Waals surface area contributed by atoms with E-state index < -0.39 is 0 Å². The third-order valence-corrected chi connectivity index (χ3v) is 36.6. The Morgan fingerprint density at radius 2 is 0.324 bits per heavy atom. The van der Waals surface area contributed by atoms with Crippen LogP contribution in [0.5, 0.6) is 0 Å². The van der Waals surface area contributed by atoms with Gasteiger partial charge >= 0.3 is 0 Å². The largest absolute Gasteiger partial charge is 0.0642 e. The second kappa shape index (κ2) is 35.4. The standard InChI is InChI=1S/C52H50.C48H42.C45H40/c1-8-51(9-2)44-22-16-14-18-36(44)38-27-24-33(30-46(38)51)48-40-20-12-13-21-41(40)49(43-32-35(50(5,6)7)26-29-42(43)48)34-25-28-39-37-19-15-17-23-45(37)52(10-3,11-4)47(39)31-34;1-5-47(6-2)41-23-15-13-17-33(41)35-27-25-31(29-43(35)47)45-37-19-9-11-21-39(37)46(40-22-12-10-20-38(40)45)32-26-28-36-34-18-14-16-24-42(34)48(7-3,8-4)44(36)30-32;1-6-45(7-2)40-19-13-12-16-34(40)35-24-22-32(27-41(35)45)42-36-17-10-11-18-37(36)43(31-21-20-29-14-8-9-15-30(29)26-31)39-28-33(44(3,4)5)23-25-38(39)42/h12-32H,8-11H2,1-7H3;9-30H,5-8H2,1-4H3;8-28H,6-7H2,1-5H3. The molecule has 0 heteroatoms. The van der Waals surface area contributed by atoms with Crippen molar-refractivity contribution in [1.29, 1.82) is 0 Å². The second-order valence-corrected chi connectivity index (χ2v) is 44.5. The van der Waals surface area contributed by atoms with E-state index in [-0.39, 0.29) is 37.9 Å². The molecule has 5 aliphatic rings. The fourth-order valence-corrected chi connectivity index (χ4v) is 28.7. The van der Waals surface area contributed by atoms with Crippen molar-refractivity contribution in [3.8, 4) is 122 Å². The van der Waals surface area contributed by atoms with Gasteiger partial charge in [0.25, 0.3) is 0 Å². The number of rotatable bonds is 16. The van der Waals surface area contributed by atoms with E-state index in [9.17, 15) is 0 Å². The van der Waals surface area contributed by atoms with Gasteiger partial charge in [0.15, 0.2) is 0 Å². The molecule has 145 heavy (non-hydrogen) atoms. The van der Waals surface area contributed by atoms with E-state index in [1.807, 2.05) is 0 Å². The van der Waals surface area contributed by atoms with Gasteiger partial charge in [-0.2, -0.15) is 0 Å². The van der Waals surface area contributed by atoms with Crippen LogP contribution in [-0.2, 0) is 37.9 Å². The van der Waals surface area contributed by atoms with E-state index in [0.717, 1.165) is 64.2 Å². The monoisotopic (exact) mass is 1870 g/mol. The highest BCUT2D eigenvalue weighted by Crippen LogP contribution is 2.63. The van der Waals surface area contributed by atoms with Crippen molar-refractivity contribution in [3.63, 3.8) is 0 Å². The van der Waals surface area contributed by atoms with Crippen molar-refractivity contribution < 1.29 is 0 Å². The molecule has 0 nitrogen and oxygen atoms in total. The molecule has 0 fully saturated rings. The summed E-state index contributed by atoms with van der Waals surface area (Å²) in [6.45, 7) is 37.6. The van der Waals surface area contributed by atoms with Crippen molar-refractivity contribution in [3.05, 3.63) is 455 Å². The highest BCUT2D eigenvalue weighted by atomic mass is 14.5. The van der Waals surface area contributed by atoms with Crippen LogP contribution >= 0.6 is 0 Å². The molecule has 0 spiro atoms. The smallest absolute Gasteiger partial charge is 0.0210 e. The topological polar surface area (TPSA) is 0 Å². The van der Waals surface area contributed by atoms with Crippen LogP contribution in [0, 0.1) is 0 Å². The molecule has 0 N–H and O–H groups in total. The van der Waals surface area contributed by atoms with Crippen LogP contribution < -0.4 is 0 Å². The van der Waals surface area contributed by atoms with Crippen LogP contribution in [0.1, 0.15) is 242 Å². The average molecular weight is 1870 g/mol. The molecule has 0 aliphatic heterocycles. The van der Waals surface area contributed by atoms with Gasteiger partial charge in [0.1, 0.15) is 0 Å². The maximum atomic E-state index is 2.57. The van der Waals surface area contributed by atoms with Gasteiger partial charge in [0.2, 0.25) is 0 Å². The van der Waals surface area contributed by atoms with Crippen molar-refractivity contribution in [2.75, 3.05) is 0 Å². The number of fused-ring (bicyclic) bond motifs is 22. The Hall–Kier alpha value is -14.6. The van der Waals surface area contributed by atoms with Crippen LogP contribution in [0.3, 0.4) is 0 Å². The Morgan fingerprint density at radius 3 is 0.552 bits per heavy atom. The van der Waals surface area contributed by atoms with E-state index in [0.29, 0.717) is 0 Å². The van der Waals surface area contributed by atoms with Gasteiger partial charge in [-0.15, -0.1) is 0 Å². The Bertz CT molecular complexity index is 8610. The predicted octanol–water partition coefficient (Wildman–Crippen LogP) is 41.2. The van der Waals surface area contributed by atoms with Gasteiger partial charge < -0.3 is 0 Å². The number of hydrogen-bond acceptors (Lipinski definition) is 0. The van der Waals surface area contributed by atoms with Crippen LogP contribution in [0.25, 0.3) is 198 Å².